The van der Waals surface area contributed by atoms with Gasteiger partial charge >= 0.3 is 6.18 Å². The minimum Gasteiger partial charge on any atom is -0.348 e. The predicted octanol–water partition coefficient (Wildman–Crippen LogP) is 3.54. The molecule has 0 saturated heterocycles. The van der Waals surface area contributed by atoms with Crippen LogP contribution in [0.4, 0.5) is 13.2 Å². The van der Waals surface area contributed by atoms with E-state index in [9.17, 15) is 22.8 Å². The molecule has 1 aliphatic rings. The third kappa shape index (κ3) is 3.86. The number of nitrogens with one attached hydrogen (secondary N) is 1. The predicted molar refractivity (Wildman–Crippen MR) is 88.7 cm³/mol. The second kappa shape index (κ2) is 6.54. The van der Waals surface area contributed by atoms with Crippen LogP contribution in [-0.4, -0.2) is 22.7 Å². The standard InChI is InChI=1S/C18H19F3N2O2/c1-11-6-7-12-9-15(16(24)22-13-4-2-3-5-13)23(10-18(19,20)21)17(25)14(12)8-11/h6-9,13H,2-5,10H2,1H3,(H,22,24). The average molecular weight is 352 g/mol. The molecule has 0 atom stereocenters. The van der Waals surface area contributed by atoms with Gasteiger partial charge in [0.25, 0.3) is 11.5 Å². The Morgan fingerprint density at radius 3 is 2.56 bits per heavy atom. The number of nitrogens with zero attached hydrogens (tertiary/aromatic N) is 1. The van der Waals surface area contributed by atoms with Gasteiger partial charge in [0.05, 0.1) is 0 Å². The van der Waals surface area contributed by atoms with E-state index in [0.29, 0.717) is 9.95 Å². The van der Waals surface area contributed by atoms with Crippen LogP contribution in [0.3, 0.4) is 0 Å². The molecule has 0 bridgehead atoms. The van der Waals surface area contributed by atoms with Crippen LogP contribution >= 0.6 is 0 Å². The minimum atomic E-state index is -4.59. The molecule has 1 amide bonds. The highest BCUT2D eigenvalue weighted by atomic mass is 19.4. The molecule has 1 aromatic heterocycles. The number of carbonyl (C=O) groups is 1. The third-order valence-corrected chi connectivity index (χ3v) is 4.53. The van der Waals surface area contributed by atoms with E-state index < -0.39 is 24.2 Å². The van der Waals surface area contributed by atoms with Gasteiger partial charge in [-0.2, -0.15) is 13.2 Å². The molecular formula is C18H19F3N2O2. The van der Waals surface area contributed by atoms with Crippen LogP contribution in [0, 0.1) is 6.92 Å². The lowest BCUT2D eigenvalue weighted by molar-refractivity contribution is -0.141. The summed E-state index contributed by atoms with van der Waals surface area (Å²) in [5.41, 5.74) is -0.271. The number of hydrogen-bond acceptors (Lipinski definition) is 2. The lowest BCUT2D eigenvalue weighted by Crippen LogP contribution is -2.39. The van der Waals surface area contributed by atoms with Crippen molar-refractivity contribution in [2.75, 3.05) is 0 Å². The van der Waals surface area contributed by atoms with Crippen molar-refractivity contribution in [1.82, 2.24) is 9.88 Å². The van der Waals surface area contributed by atoms with Crippen molar-refractivity contribution in [3.8, 4) is 0 Å². The van der Waals surface area contributed by atoms with Gasteiger partial charge in [-0.25, -0.2) is 0 Å². The number of halogens is 3. The van der Waals surface area contributed by atoms with Crippen LogP contribution in [-0.2, 0) is 6.54 Å². The zero-order valence-corrected chi connectivity index (χ0v) is 13.8. The minimum absolute atomic E-state index is 0.0457. The maximum Gasteiger partial charge on any atom is 0.406 e. The van der Waals surface area contributed by atoms with E-state index >= 15 is 0 Å². The Labute approximate surface area is 142 Å². The van der Waals surface area contributed by atoms with E-state index in [1.807, 2.05) is 0 Å². The summed E-state index contributed by atoms with van der Waals surface area (Å²) in [6.07, 6.45) is -1.01. The molecule has 1 saturated carbocycles. The lowest BCUT2D eigenvalue weighted by atomic mass is 10.1. The van der Waals surface area contributed by atoms with Gasteiger partial charge in [0.1, 0.15) is 12.2 Å². The summed E-state index contributed by atoms with van der Waals surface area (Å²) in [6.45, 7) is 0.275. The summed E-state index contributed by atoms with van der Waals surface area (Å²) in [5, 5.41) is 3.40. The molecule has 0 aliphatic heterocycles. The van der Waals surface area contributed by atoms with Crippen LogP contribution in [0.15, 0.2) is 29.1 Å². The molecule has 1 aromatic carbocycles. The summed E-state index contributed by atoms with van der Waals surface area (Å²) < 4.78 is 39.4. The van der Waals surface area contributed by atoms with E-state index in [4.69, 9.17) is 0 Å². The number of aryl methyl sites for hydroxylation is 1. The fraction of sp³-hybridized carbons (Fsp3) is 0.444. The second-order valence-electron chi connectivity index (χ2n) is 6.58. The van der Waals surface area contributed by atoms with Gasteiger partial charge in [-0.1, -0.05) is 30.5 Å². The van der Waals surface area contributed by atoms with E-state index in [2.05, 4.69) is 5.32 Å². The highest BCUT2D eigenvalue weighted by Gasteiger charge is 2.31. The SMILES string of the molecule is Cc1ccc2cc(C(=O)NC3CCCC3)n(CC(F)(F)F)c(=O)c2c1. The third-order valence-electron chi connectivity index (χ3n) is 4.53. The molecule has 0 unspecified atom stereocenters. The summed E-state index contributed by atoms with van der Waals surface area (Å²) in [7, 11) is 0. The smallest absolute Gasteiger partial charge is 0.348 e. The van der Waals surface area contributed by atoms with Crippen molar-refractivity contribution >= 4 is 16.7 Å². The molecule has 1 heterocycles. The number of rotatable bonds is 3. The number of hydrogen-bond donors (Lipinski definition) is 1. The van der Waals surface area contributed by atoms with Crippen molar-refractivity contribution < 1.29 is 18.0 Å². The van der Waals surface area contributed by atoms with Crippen LogP contribution in [0.25, 0.3) is 10.8 Å². The van der Waals surface area contributed by atoms with Crippen molar-refractivity contribution in [3.63, 3.8) is 0 Å². The van der Waals surface area contributed by atoms with Gasteiger partial charge in [-0.15, -0.1) is 0 Å². The zero-order chi connectivity index (χ0) is 18.2. The Hall–Kier alpha value is -2.31. The molecule has 1 fully saturated rings. The first kappa shape index (κ1) is 17.5. The normalized spacial score (nSPS) is 15.7. The van der Waals surface area contributed by atoms with Gasteiger partial charge in [-0.05, 0) is 37.3 Å². The van der Waals surface area contributed by atoms with Gasteiger partial charge in [0.15, 0.2) is 0 Å². The first-order valence-corrected chi connectivity index (χ1v) is 8.26. The van der Waals surface area contributed by atoms with Gasteiger partial charge in [0.2, 0.25) is 0 Å². The molecule has 3 rings (SSSR count). The number of aromatic nitrogens is 1. The van der Waals surface area contributed by atoms with Crippen LogP contribution in [0.1, 0.15) is 41.7 Å². The molecule has 0 radical (unpaired) electrons. The molecule has 2 aromatic rings. The Morgan fingerprint density at radius 2 is 1.92 bits per heavy atom. The number of carbonyl (C=O) groups excluding carboxylic acids is 1. The first-order chi connectivity index (χ1) is 11.7. The summed E-state index contributed by atoms with van der Waals surface area (Å²) in [5.74, 6) is -0.629. The monoisotopic (exact) mass is 352 g/mol. The molecule has 134 valence electrons. The highest BCUT2D eigenvalue weighted by Crippen LogP contribution is 2.22. The maximum atomic E-state index is 13.0. The number of benzene rings is 1. The molecule has 1 N–H and O–H groups in total. The van der Waals surface area contributed by atoms with Gasteiger partial charge in [0, 0.05) is 11.4 Å². The number of alkyl halides is 3. The van der Waals surface area contributed by atoms with Gasteiger partial charge < -0.3 is 5.32 Å². The van der Waals surface area contributed by atoms with Crippen LogP contribution in [0.5, 0.6) is 0 Å². The maximum absolute atomic E-state index is 13.0. The largest absolute Gasteiger partial charge is 0.406 e. The van der Waals surface area contributed by atoms with E-state index in [1.165, 1.54) is 6.07 Å². The molecular weight excluding hydrogens is 333 g/mol. The fourth-order valence-corrected chi connectivity index (χ4v) is 3.32. The van der Waals surface area contributed by atoms with Crippen molar-refractivity contribution in [1.29, 1.82) is 0 Å². The summed E-state index contributed by atoms with van der Waals surface area (Å²) in [4.78, 5) is 25.1. The quantitative estimate of drug-likeness (QED) is 0.919. The second-order valence-corrected chi connectivity index (χ2v) is 6.58. The molecule has 4 nitrogen and oxygen atoms in total. The lowest BCUT2D eigenvalue weighted by Gasteiger charge is -2.18. The Balaban J connectivity index is 2.10. The number of pyridine rings is 1. The van der Waals surface area contributed by atoms with Gasteiger partial charge in [-0.3, -0.25) is 14.2 Å². The highest BCUT2D eigenvalue weighted by molar-refractivity contribution is 5.97. The van der Waals surface area contributed by atoms with Crippen molar-refractivity contribution in [3.05, 3.63) is 45.9 Å². The average Bonchev–Trinajstić information content (AvgIpc) is 3.02. The number of amides is 1. The van der Waals surface area contributed by atoms with Crippen molar-refractivity contribution in [2.45, 2.75) is 51.4 Å². The number of fused-ring (bicyclic) bond motifs is 1. The summed E-state index contributed by atoms with van der Waals surface area (Å²) >= 11 is 0. The zero-order valence-electron chi connectivity index (χ0n) is 13.8. The fourth-order valence-electron chi connectivity index (χ4n) is 3.32. The van der Waals surface area contributed by atoms with Crippen LogP contribution < -0.4 is 10.9 Å². The molecule has 0 spiro atoms. The Bertz CT molecular complexity index is 865. The topological polar surface area (TPSA) is 51.1 Å². The Morgan fingerprint density at radius 1 is 1.24 bits per heavy atom. The Kier molecular flexibility index (Phi) is 4.58. The van der Waals surface area contributed by atoms with Crippen molar-refractivity contribution in [2.24, 2.45) is 0 Å². The first-order valence-electron chi connectivity index (χ1n) is 8.26. The van der Waals surface area contributed by atoms with Crippen LogP contribution in [0.2, 0.25) is 0 Å². The van der Waals surface area contributed by atoms with E-state index in [-0.39, 0.29) is 17.1 Å². The van der Waals surface area contributed by atoms with E-state index in [1.54, 1.807) is 25.1 Å². The van der Waals surface area contributed by atoms with E-state index in [0.717, 1.165) is 31.2 Å². The molecule has 1 aliphatic carbocycles. The summed E-state index contributed by atoms with van der Waals surface area (Å²) in [6, 6.07) is 6.27. The molecule has 25 heavy (non-hydrogen) atoms. The molecule has 7 heteroatoms.